The third kappa shape index (κ3) is 3.66. The summed E-state index contributed by atoms with van der Waals surface area (Å²) < 4.78 is 7.28. The monoisotopic (exact) mass is 356 g/mol. The summed E-state index contributed by atoms with van der Waals surface area (Å²) in [6.07, 6.45) is 6.76. The van der Waals surface area contributed by atoms with Crippen LogP contribution < -0.4 is 5.32 Å². The Balaban J connectivity index is 1.36. The number of carbonyl (C=O) groups is 2. The lowest BCUT2D eigenvalue weighted by Gasteiger charge is -2.34. The number of rotatable bonds is 6. The summed E-state index contributed by atoms with van der Waals surface area (Å²) in [6, 6.07) is 3.57. The van der Waals surface area contributed by atoms with Crippen molar-refractivity contribution in [2.75, 3.05) is 6.54 Å². The van der Waals surface area contributed by atoms with Crippen LogP contribution >= 0.6 is 0 Å². The van der Waals surface area contributed by atoms with E-state index in [0.29, 0.717) is 25.4 Å². The Kier molecular flexibility index (Phi) is 4.53. The van der Waals surface area contributed by atoms with Gasteiger partial charge in [0.05, 0.1) is 31.0 Å². The molecule has 2 aromatic rings. The van der Waals surface area contributed by atoms with E-state index in [4.69, 9.17) is 4.42 Å². The summed E-state index contributed by atoms with van der Waals surface area (Å²) in [5.74, 6) is 2.32. The van der Waals surface area contributed by atoms with Gasteiger partial charge in [0.15, 0.2) is 0 Å². The maximum Gasteiger partial charge on any atom is 0.226 e. The van der Waals surface area contributed by atoms with Crippen molar-refractivity contribution in [2.24, 2.45) is 5.92 Å². The maximum atomic E-state index is 12.5. The van der Waals surface area contributed by atoms with Crippen LogP contribution in [-0.4, -0.2) is 32.8 Å². The van der Waals surface area contributed by atoms with Gasteiger partial charge in [0.25, 0.3) is 0 Å². The first-order valence-corrected chi connectivity index (χ1v) is 9.24. The molecule has 0 bridgehead atoms. The van der Waals surface area contributed by atoms with Crippen LogP contribution in [0, 0.1) is 5.92 Å². The molecule has 0 unspecified atom stereocenters. The Morgan fingerprint density at radius 1 is 1.35 bits per heavy atom. The third-order valence-corrected chi connectivity index (χ3v) is 5.14. The Bertz CT molecular complexity index is 792. The molecule has 1 N–H and O–H groups in total. The number of hydrogen-bond acceptors (Lipinski definition) is 4. The lowest BCUT2D eigenvalue weighted by Crippen LogP contribution is -2.41. The molecular formula is C19H24N4O3. The first-order valence-electron chi connectivity index (χ1n) is 9.24. The summed E-state index contributed by atoms with van der Waals surface area (Å²) >= 11 is 0. The van der Waals surface area contributed by atoms with E-state index >= 15 is 0 Å². The quantitative estimate of drug-likeness (QED) is 0.859. The van der Waals surface area contributed by atoms with Gasteiger partial charge in [-0.05, 0) is 37.8 Å². The molecule has 7 nitrogen and oxygen atoms in total. The van der Waals surface area contributed by atoms with Crippen LogP contribution in [-0.2, 0) is 29.1 Å². The number of carbonyl (C=O) groups excluding carboxylic acids is 2. The topological polar surface area (TPSA) is 80.4 Å². The molecule has 2 aliphatic rings. The molecule has 1 aliphatic carbocycles. The number of furan rings is 1. The standard InChI is InChI=1S/C19H24N4O3/c1-13-19-21-15(10-17(24)20-11-16-3-2-8-26-16)12-22(19)6-7-23(13)18(25)9-14-4-5-14/h2-3,8,12-14H,4-7,9-11H2,1H3,(H,20,24)/t13-/m1/s1. The Labute approximate surface area is 152 Å². The van der Waals surface area contributed by atoms with Crippen molar-refractivity contribution in [2.45, 2.75) is 51.7 Å². The van der Waals surface area contributed by atoms with Gasteiger partial charge in [0.1, 0.15) is 11.6 Å². The van der Waals surface area contributed by atoms with Crippen molar-refractivity contribution in [1.29, 1.82) is 0 Å². The summed E-state index contributed by atoms with van der Waals surface area (Å²) in [7, 11) is 0. The predicted octanol–water partition coefficient (Wildman–Crippen LogP) is 2.04. The number of nitrogens with one attached hydrogen (secondary N) is 1. The lowest BCUT2D eigenvalue weighted by atomic mass is 10.1. The molecule has 4 rings (SSSR count). The van der Waals surface area contributed by atoms with Crippen LogP contribution in [0.5, 0.6) is 0 Å². The van der Waals surface area contributed by atoms with Crippen LogP contribution in [0.3, 0.4) is 0 Å². The first kappa shape index (κ1) is 16.9. The minimum Gasteiger partial charge on any atom is -0.467 e. The van der Waals surface area contributed by atoms with Crippen LogP contribution in [0.2, 0.25) is 0 Å². The second kappa shape index (κ2) is 6.97. The number of hydrogen-bond donors (Lipinski definition) is 1. The van der Waals surface area contributed by atoms with Crippen molar-refractivity contribution in [1.82, 2.24) is 19.8 Å². The maximum absolute atomic E-state index is 12.5. The van der Waals surface area contributed by atoms with E-state index in [1.807, 2.05) is 24.1 Å². The smallest absolute Gasteiger partial charge is 0.226 e. The average molecular weight is 356 g/mol. The second-order valence-corrected chi connectivity index (χ2v) is 7.23. The molecule has 0 saturated heterocycles. The SMILES string of the molecule is C[C@@H]1c2nc(CC(=O)NCc3ccco3)cn2CCN1C(=O)CC1CC1. The molecule has 1 aliphatic heterocycles. The highest BCUT2D eigenvalue weighted by atomic mass is 16.3. The van der Waals surface area contributed by atoms with E-state index in [-0.39, 0.29) is 24.3 Å². The molecule has 0 spiro atoms. The molecule has 1 atom stereocenters. The highest BCUT2D eigenvalue weighted by molar-refractivity contribution is 5.78. The zero-order valence-corrected chi connectivity index (χ0v) is 15.0. The fourth-order valence-electron chi connectivity index (χ4n) is 3.49. The van der Waals surface area contributed by atoms with Crippen molar-refractivity contribution in [3.8, 4) is 0 Å². The molecule has 2 aromatic heterocycles. The second-order valence-electron chi connectivity index (χ2n) is 7.23. The van der Waals surface area contributed by atoms with E-state index < -0.39 is 0 Å². The number of fused-ring (bicyclic) bond motifs is 1. The average Bonchev–Trinajstić information content (AvgIpc) is 3.10. The predicted molar refractivity (Wildman–Crippen MR) is 94.0 cm³/mol. The normalized spacial score (nSPS) is 19.3. The molecule has 1 saturated carbocycles. The van der Waals surface area contributed by atoms with Gasteiger partial charge >= 0.3 is 0 Å². The molecule has 26 heavy (non-hydrogen) atoms. The van der Waals surface area contributed by atoms with Gasteiger partial charge in [0.2, 0.25) is 11.8 Å². The van der Waals surface area contributed by atoms with Gasteiger partial charge in [-0.15, -0.1) is 0 Å². The Morgan fingerprint density at radius 3 is 2.92 bits per heavy atom. The fourth-order valence-corrected chi connectivity index (χ4v) is 3.49. The molecular weight excluding hydrogens is 332 g/mol. The van der Waals surface area contributed by atoms with Gasteiger partial charge in [-0.1, -0.05) is 0 Å². The lowest BCUT2D eigenvalue weighted by molar-refractivity contribution is -0.135. The molecule has 138 valence electrons. The highest BCUT2D eigenvalue weighted by Crippen LogP contribution is 2.34. The molecule has 0 aromatic carbocycles. The van der Waals surface area contributed by atoms with Gasteiger partial charge in [0, 0.05) is 25.7 Å². The third-order valence-electron chi connectivity index (χ3n) is 5.14. The number of aromatic nitrogens is 2. The summed E-state index contributed by atoms with van der Waals surface area (Å²) in [5.41, 5.74) is 0.736. The van der Waals surface area contributed by atoms with E-state index in [9.17, 15) is 9.59 Å². The van der Waals surface area contributed by atoms with Crippen molar-refractivity contribution in [3.63, 3.8) is 0 Å². The molecule has 1 fully saturated rings. The summed E-state index contributed by atoms with van der Waals surface area (Å²) in [6.45, 7) is 3.83. The molecule has 2 amide bonds. The van der Waals surface area contributed by atoms with Gasteiger partial charge in [-0.25, -0.2) is 4.98 Å². The fraction of sp³-hybridized carbons (Fsp3) is 0.526. The number of imidazole rings is 1. The zero-order chi connectivity index (χ0) is 18.1. The minimum absolute atomic E-state index is 0.0464. The largest absolute Gasteiger partial charge is 0.467 e. The molecule has 0 radical (unpaired) electrons. The Morgan fingerprint density at radius 2 is 2.19 bits per heavy atom. The van der Waals surface area contributed by atoms with Crippen LogP contribution in [0.15, 0.2) is 29.0 Å². The minimum atomic E-state index is -0.0915. The first-order chi connectivity index (χ1) is 12.6. The van der Waals surface area contributed by atoms with Crippen molar-refractivity contribution >= 4 is 11.8 Å². The summed E-state index contributed by atoms with van der Waals surface area (Å²) in [5, 5.41) is 2.83. The van der Waals surface area contributed by atoms with E-state index in [2.05, 4.69) is 14.9 Å². The van der Waals surface area contributed by atoms with E-state index in [1.165, 1.54) is 12.8 Å². The number of nitrogens with zero attached hydrogens (tertiary/aromatic N) is 3. The van der Waals surface area contributed by atoms with Crippen molar-refractivity contribution in [3.05, 3.63) is 41.9 Å². The van der Waals surface area contributed by atoms with Crippen molar-refractivity contribution < 1.29 is 14.0 Å². The zero-order valence-electron chi connectivity index (χ0n) is 15.0. The van der Waals surface area contributed by atoms with Gasteiger partial charge < -0.3 is 19.2 Å². The van der Waals surface area contributed by atoms with Crippen LogP contribution in [0.25, 0.3) is 0 Å². The highest BCUT2D eigenvalue weighted by Gasteiger charge is 2.33. The van der Waals surface area contributed by atoms with Gasteiger partial charge in [-0.3, -0.25) is 9.59 Å². The Hall–Kier alpha value is -2.57. The van der Waals surface area contributed by atoms with E-state index in [1.54, 1.807) is 12.3 Å². The van der Waals surface area contributed by atoms with Crippen LogP contribution in [0.4, 0.5) is 0 Å². The molecule has 7 heteroatoms. The van der Waals surface area contributed by atoms with E-state index in [0.717, 1.165) is 23.8 Å². The summed E-state index contributed by atoms with van der Waals surface area (Å²) in [4.78, 5) is 31.2. The number of amides is 2. The molecule has 3 heterocycles. The van der Waals surface area contributed by atoms with Crippen LogP contribution in [0.1, 0.15) is 49.5 Å². The van der Waals surface area contributed by atoms with Gasteiger partial charge in [-0.2, -0.15) is 0 Å².